The molecule has 0 aliphatic carbocycles. The maximum Gasteiger partial charge on any atom is 0.0725 e. The lowest BCUT2D eigenvalue weighted by molar-refractivity contribution is -0.0424. The van der Waals surface area contributed by atoms with Crippen LogP contribution in [0.3, 0.4) is 0 Å². The van der Waals surface area contributed by atoms with Gasteiger partial charge in [-0.15, -0.1) is 0 Å². The molecule has 2 saturated heterocycles. The molecule has 0 aromatic rings. The van der Waals surface area contributed by atoms with Crippen LogP contribution in [0.25, 0.3) is 0 Å². The Morgan fingerprint density at radius 1 is 0.947 bits per heavy atom. The second-order valence-electron chi connectivity index (χ2n) is 6.61. The highest BCUT2D eigenvalue weighted by molar-refractivity contribution is 4.71. The molecule has 1 atom stereocenters. The molecule has 2 fully saturated rings. The molecule has 2 aliphatic heterocycles. The van der Waals surface area contributed by atoms with E-state index in [1.165, 1.54) is 12.8 Å². The van der Waals surface area contributed by atoms with Crippen molar-refractivity contribution in [3.8, 4) is 0 Å². The van der Waals surface area contributed by atoms with Crippen LogP contribution in [0.4, 0.5) is 0 Å². The molecule has 19 heavy (non-hydrogen) atoms. The fourth-order valence-corrected chi connectivity index (χ4v) is 2.60. The van der Waals surface area contributed by atoms with Crippen LogP contribution in [0.5, 0.6) is 0 Å². The quantitative estimate of drug-likeness (QED) is 0.770. The van der Waals surface area contributed by atoms with Crippen molar-refractivity contribution in [1.29, 1.82) is 0 Å². The molecule has 0 aromatic heterocycles. The Labute approximate surface area is 119 Å². The van der Waals surface area contributed by atoms with E-state index in [2.05, 4.69) is 39.6 Å². The Morgan fingerprint density at radius 2 is 1.58 bits per heavy atom. The molecule has 1 unspecified atom stereocenters. The summed E-state index contributed by atoms with van der Waals surface area (Å²) in [5, 5.41) is 0. The Kier molecular flexibility index (Phi) is 7.96. The largest absolute Gasteiger partial charge is 0.381 e. The van der Waals surface area contributed by atoms with Gasteiger partial charge in [0.15, 0.2) is 0 Å². The van der Waals surface area contributed by atoms with E-state index in [9.17, 15) is 0 Å². The van der Waals surface area contributed by atoms with E-state index in [0.29, 0.717) is 12.0 Å². The Hall–Kier alpha value is -0.120. The van der Waals surface area contributed by atoms with Crippen LogP contribution in [0.1, 0.15) is 40.5 Å². The summed E-state index contributed by atoms with van der Waals surface area (Å²) < 4.78 is 10.8. The van der Waals surface area contributed by atoms with Gasteiger partial charge >= 0.3 is 0 Å². The van der Waals surface area contributed by atoms with E-state index >= 15 is 0 Å². The first-order valence-corrected chi connectivity index (χ1v) is 7.88. The van der Waals surface area contributed by atoms with Crippen LogP contribution in [-0.4, -0.2) is 51.0 Å². The minimum Gasteiger partial charge on any atom is -0.381 e. The Morgan fingerprint density at radius 3 is 1.95 bits per heavy atom. The van der Waals surface area contributed by atoms with E-state index in [1.807, 2.05) is 0 Å². The lowest BCUT2D eigenvalue weighted by atomic mass is 9.89. The number of hydrogen-bond donors (Lipinski definition) is 0. The van der Waals surface area contributed by atoms with Gasteiger partial charge in [-0.3, -0.25) is 0 Å². The molecule has 3 nitrogen and oxygen atoms in total. The molecule has 3 heteroatoms. The zero-order valence-electron chi connectivity index (χ0n) is 13.5. The van der Waals surface area contributed by atoms with Crippen LogP contribution in [0.15, 0.2) is 0 Å². The minimum atomic E-state index is 0.457. The van der Waals surface area contributed by atoms with Gasteiger partial charge in [-0.2, -0.15) is 0 Å². The van der Waals surface area contributed by atoms with Crippen molar-refractivity contribution < 1.29 is 9.47 Å². The third kappa shape index (κ3) is 6.73. The number of ether oxygens (including phenoxy) is 2. The van der Waals surface area contributed by atoms with Crippen molar-refractivity contribution in [1.82, 2.24) is 4.90 Å². The predicted octanol–water partition coefficient (Wildman–Crippen LogP) is 3.04. The lowest BCUT2D eigenvalue weighted by Crippen LogP contribution is -2.42. The number of likely N-dealkylation sites (N-methyl/N-ethyl adjacent to an activating group) is 1. The zero-order valence-corrected chi connectivity index (χ0v) is 13.5. The number of nitrogens with zero attached hydrogens (tertiary/aromatic N) is 1. The van der Waals surface area contributed by atoms with Crippen molar-refractivity contribution in [3.63, 3.8) is 0 Å². The monoisotopic (exact) mass is 271 g/mol. The summed E-state index contributed by atoms with van der Waals surface area (Å²) in [6, 6.07) is 0. The van der Waals surface area contributed by atoms with Gasteiger partial charge in [0, 0.05) is 26.3 Å². The molecular weight excluding hydrogens is 238 g/mol. The van der Waals surface area contributed by atoms with E-state index < -0.39 is 0 Å². The summed E-state index contributed by atoms with van der Waals surface area (Å²) in [5.74, 6) is 2.44. The van der Waals surface area contributed by atoms with Gasteiger partial charge in [-0.1, -0.05) is 27.7 Å². The second-order valence-corrected chi connectivity index (χ2v) is 6.61. The first-order valence-electron chi connectivity index (χ1n) is 7.88. The highest BCUT2D eigenvalue weighted by atomic mass is 16.5. The first kappa shape index (κ1) is 16.9. The molecular formula is C16H33NO2. The van der Waals surface area contributed by atoms with Crippen LogP contribution in [0.2, 0.25) is 0 Å². The second kappa shape index (κ2) is 8.93. The summed E-state index contributed by atoms with van der Waals surface area (Å²) in [4.78, 5) is 2.33. The van der Waals surface area contributed by atoms with Gasteiger partial charge in [-0.25, -0.2) is 0 Å². The first-order chi connectivity index (χ1) is 9.00. The Balaban J connectivity index is 0.000000191. The standard InChI is InChI=1S/C8H17NO.C8H16O/c1-7(2)8-6-9(3)4-5-10-8;1-7(2)8-3-5-9-6-4-8/h7-8H,4-6H2,1-3H3;7-8H,3-6H2,1-2H3. The molecule has 0 radical (unpaired) electrons. The van der Waals surface area contributed by atoms with Crippen molar-refractivity contribution in [3.05, 3.63) is 0 Å². The van der Waals surface area contributed by atoms with Gasteiger partial charge < -0.3 is 14.4 Å². The number of morpholine rings is 1. The summed E-state index contributed by atoms with van der Waals surface area (Å²) in [6.45, 7) is 14.1. The molecule has 2 rings (SSSR count). The average Bonchev–Trinajstić information content (AvgIpc) is 2.40. The summed E-state index contributed by atoms with van der Waals surface area (Å²) in [5.41, 5.74) is 0. The highest BCUT2D eigenvalue weighted by Crippen LogP contribution is 2.22. The molecule has 2 aliphatic rings. The molecule has 0 bridgehead atoms. The fraction of sp³-hybridized carbons (Fsp3) is 1.00. The maximum absolute atomic E-state index is 5.57. The smallest absolute Gasteiger partial charge is 0.0725 e. The lowest BCUT2D eigenvalue weighted by Gasteiger charge is -2.32. The van der Waals surface area contributed by atoms with Crippen molar-refractivity contribution in [2.75, 3.05) is 40.0 Å². The van der Waals surface area contributed by atoms with Gasteiger partial charge in [-0.05, 0) is 37.6 Å². The zero-order chi connectivity index (χ0) is 14.3. The van der Waals surface area contributed by atoms with Crippen LogP contribution < -0.4 is 0 Å². The number of hydrogen-bond acceptors (Lipinski definition) is 3. The normalized spacial score (nSPS) is 26.4. The summed E-state index contributed by atoms with van der Waals surface area (Å²) >= 11 is 0. The maximum atomic E-state index is 5.57. The van der Waals surface area contributed by atoms with E-state index in [-0.39, 0.29) is 0 Å². The summed E-state index contributed by atoms with van der Waals surface area (Å²) in [6.07, 6.45) is 3.01. The number of rotatable bonds is 2. The molecule has 0 saturated carbocycles. The molecule has 2 heterocycles. The third-order valence-corrected chi connectivity index (χ3v) is 4.25. The van der Waals surface area contributed by atoms with E-state index in [4.69, 9.17) is 9.47 Å². The molecule has 114 valence electrons. The van der Waals surface area contributed by atoms with E-state index in [0.717, 1.165) is 44.7 Å². The molecule has 0 amide bonds. The van der Waals surface area contributed by atoms with Gasteiger partial charge in [0.05, 0.1) is 12.7 Å². The van der Waals surface area contributed by atoms with Gasteiger partial charge in [0.2, 0.25) is 0 Å². The fourth-order valence-electron chi connectivity index (χ4n) is 2.60. The van der Waals surface area contributed by atoms with Crippen molar-refractivity contribution >= 4 is 0 Å². The SMILES string of the molecule is CC(C)C1CCOCC1.CC(C)C1CN(C)CCO1. The molecule has 0 spiro atoms. The van der Waals surface area contributed by atoms with Crippen LogP contribution in [-0.2, 0) is 9.47 Å². The van der Waals surface area contributed by atoms with Crippen molar-refractivity contribution in [2.24, 2.45) is 17.8 Å². The average molecular weight is 271 g/mol. The van der Waals surface area contributed by atoms with E-state index in [1.54, 1.807) is 0 Å². The molecule has 0 N–H and O–H groups in total. The Bertz CT molecular complexity index is 225. The minimum absolute atomic E-state index is 0.457. The topological polar surface area (TPSA) is 21.7 Å². The molecule has 0 aromatic carbocycles. The van der Waals surface area contributed by atoms with Crippen molar-refractivity contribution in [2.45, 2.75) is 46.6 Å². The highest BCUT2D eigenvalue weighted by Gasteiger charge is 2.20. The van der Waals surface area contributed by atoms with Gasteiger partial charge in [0.1, 0.15) is 0 Å². The van der Waals surface area contributed by atoms with Crippen LogP contribution >= 0.6 is 0 Å². The summed E-state index contributed by atoms with van der Waals surface area (Å²) in [7, 11) is 2.15. The van der Waals surface area contributed by atoms with Gasteiger partial charge in [0.25, 0.3) is 0 Å². The third-order valence-electron chi connectivity index (χ3n) is 4.25. The predicted molar refractivity (Wildman–Crippen MR) is 80.5 cm³/mol. The van der Waals surface area contributed by atoms with Crippen LogP contribution in [0, 0.1) is 17.8 Å².